The van der Waals surface area contributed by atoms with Gasteiger partial charge in [-0.15, -0.1) is 0 Å². The largest absolute Gasteiger partial charge is 0.481 e. The maximum Gasteiger partial charge on any atom is 0.317 e. The maximum atomic E-state index is 11.4. The third kappa shape index (κ3) is 6.00. The number of carbonyl (C=O) groups excluding carboxylic acids is 2. The van der Waals surface area contributed by atoms with E-state index in [9.17, 15) is 14.4 Å². The van der Waals surface area contributed by atoms with Crippen molar-refractivity contribution in [3.63, 3.8) is 0 Å². The molecule has 0 heterocycles. The molecule has 16 heavy (non-hydrogen) atoms. The van der Waals surface area contributed by atoms with Gasteiger partial charge in [-0.25, -0.2) is 4.79 Å². The number of carboxylic acids is 1. The number of ketones is 1. The summed E-state index contributed by atoms with van der Waals surface area (Å²) in [6.45, 7) is 4.73. The Balaban J connectivity index is 3.82. The molecule has 0 spiro atoms. The maximum absolute atomic E-state index is 11.4. The smallest absolute Gasteiger partial charge is 0.317 e. The lowest BCUT2D eigenvalue weighted by atomic mass is 10.2. The van der Waals surface area contributed by atoms with Crippen molar-refractivity contribution >= 4 is 17.8 Å². The van der Waals surface area contributed by atoms with E-state index < -0.39 is 5.97 Å². The number of hydrogen-bond donors (Lipinski definition) is 2. The minimum absolute atomic E-state index is 0.0478. The Labute approximate surface area is 94.6 Å². The molecule has 0 unspecified atom stereocenters. The van der Waals surface area contributed by atoms with Crippen molar-refractivity contribution in [1.82, 2.24) is 10.2 Å². The van der Waals surface area contributed by atoms with Crippen molar-refractivity contribution in [2.24, 2.45) is 0 Å². The summed E-state index contributed by atoms with van der Waals surface area (Å²) < 4.78 is 0. The molecule has 0 fully saturated rings. The number of amides is 2. The third-order valence-corrected chi connectivity index (χ3v) is 2.11. The molecular weight excluding hydrogens is 212 g/mol. The Hall–Kier alpha value is -1.59. The molecule has 0 bridgehead atoms. The Morgan fingerprint density at radius 1 is 1.12 bits per heavy atom. The van der Waals surface area contributed by atoms with Crippen LogP contribution in [-0.2, 0) is 9.59 Å². The van der Waals surface area contributed by atoms with E-state index in [4.69, 9.17) is 5.11 Å². The first-order valence-corrected chi connectivity index (χ1v) is 5.27. The van der Waals surface area contributed by atoms with Gasteiger partial charge in [0.05, 0.1) is 13.0 Å². The van der Waals surface area contributed by atoms with Crippen LogP contribution in [0.25, 0.3) is 0 Å². The van der Waals surface area contributed by atoms with Crippen LogP contribution in [-0.4, -0.2) is 47.4 Å². The normalized spacial score (nSPS) is 9.62. The minimum atomic E-state index is -1.01. The number of rotatable bonds is 7. The highest BCUT2D eigenvalue weighted by molar-refractivity contribution is 5.87. The summed E-state index contributed by atoms with van der Waals surface area (Å²) in [5.74, 6) is -1.29. The first kappa shape index (κ1) is 14.4. The number of aliphatic carboxylic acids is 1. The highest BCUT2D eigenvalue weighted by Crippen LogP contribution is 1.92. The van der Waals surface area contributed by atoms with Gasteiger partial charge in [-0.2, -0.15) is 0 Å². The standard InChI is InChI=1S/C10H18N2O4/c1-3-12(4-2)10(16)11-7-8(13)5-6-9(14)15/h3-7H2,1-2H3,(H,11,16)(H,14,15). The minimum Gasteiger partial charge on any atom is -0.481 e. The van der Waals surface area contributed by atoms with Crippen LogP contribution in [0.5, 0.6) is 0 Å². The van der Waals surface area contributed by atoms with E-state index in [2.05, 4.69) is 5.32 Å². The molecule has 6 nitrogen and oxygen atoms in total. The third-order valence-electron chi connectivity index (χ3n) is 2.11. The summed E-state index contributed by atoms with van der Waals surface area (Å²) in [4.78, 5) is 34.3. The fourth-order valence-corrected chi connectivity index (χ4v) is 1.13. The first-order valence-electron chi connectivity index (χ1n) is 5.27. The number of carboxylic acid groups (broad SMARTS) is 1. The summed E-state index contributed by atoms with van der Waals surface area (Å²) in [5.41, 5.74) is 0. The number of hydrogen-bond acceptors (Lipinski definition) is 3. The second kappa shape index (κ2) is 7.67. The topological polar surface area (TPSA) is 86.7 Å². The molecule has 0 aromatic rings. The Kier molecular flexibility index (Phi) is 6.91. The van der Waals surface area contributed by atoms with Crippen molar-refractivity contribution < 1.29 is 19.5 Å². The van der Waals surface area contributed by atoms with Crippen LogP contribution in [0.15, 0.2) is 0 Å². The molecule has 0 saturated carbocycles. The molecule has 0 aromatic carbocycles. The average molecular weight is 230 g/mol. The Bertz CT molecular complexity index is 262. The van der Waals surface area contributed by atoms with Crippen molar-refractivity contribution in [3.8, 4) is 0 Å². The van der Waals surface area contributed by atoms with Gasteiger partial charge in [0.2, 0.25) is 0 Å². The Morgan fingerprint density at radius 3 is 2.12 bits per heavy atom. The van der Waals surface area contributed by atoms with Crippen LogP contribution in [0.3, 0.4) is 0 Å². The molecule has 0 aliphatic heterocycles. The predicted molar refractivity (Wildman–Crippen MR) is 58.2 cm³/mol. The molecule has 92 valence electrons. The van der Waals surface area contributed by atoms with Crippen LogP contribution in [0, 0.1) is 0 Å². The van der Waals surface area contributed by atoms with E-state index in [1.54, 1.807) is 4.90 Å². The number of urea groups is 1. The summed E-state index contributed by atoms with van der Waals surface area (Å²) >= 11 is 0. The van der Waals surface area contributed by atoms with E-state index in [0.29, 0.717) is 13.1 Å². The van der Waals surface area contributed by atoms with Gasteiger partial charge >= 0.3 is 12.0 Å². The lowest BCUT2D eigenvalue weighted by Gasteiger charge is -2.18. The lowest BCUT2D eigenvalue weighted by molar-refractivity contribution is -0.138. The van der Waals surface area contributed by atoms with Gasteiger partial charge in [0, 0.05) is 19.5 Å². The molecule has 0 atom stereocenters. The SMILES string of the molecule is CCN(CC)C(=O)NCC(=O)CCC(=O)O. The molecule has 0 radical (unpaired) electrons. The van der Waals surface area contributed by atoms with Gasteiger partial charge in [0.15, 0.2) is 5.78 Å². The van der Waals surface area contributed by atoms with E-state index in [1.165, 1.54) is 0 Å². The van der Waals surface area contributed by atoms with Crippen LogP contribution in [0.4, 0.5) is 4.79 Å². The van der Waals surface area contributed by atoms with Crippen molar-refractivity contribution in [2.45, 2.75) is 26.7 Å². The van der Waals surface area contributed by atoms with E-state index in [-0.39, 0.29) is 31.2 Å². The number of Topliss-reactive ketones (excluding diaryl/α,β-unsaturated/α-hetero) is 1. The van der Waals surface area contributed by atoms with Crippen molar-refractivity contribution in [3.05, 3.63) is 0 Å². The number of carbonyl (C=O) groups is 3. The van der Waals surface area contributed by atoms with Gasteiger partial charge in [0.25, 0.3) is 0 Å². The monoisotopic (exact) mass is 230 g/mol. The molecule has 0 aromatic heterocycles. The predicted octanol–water partition coefficient (Wildman–Crippen LogP) is 0.472. The van der Waals surface area contributed by atoms with E-state index >= 15 is 0 Å². The van der Waals surface area contributed by atoms with Crippen LogP contribution >= 0.6 is 0 Å². The van der Waals surface area contributed by atoms with Gasteiger partial charge in [0.1, 0.15) is 0 Å². The van der Waals surface area contributed by atoms with Gasteiger partial charge in [-0.3, -0.25) is 9.59 Å². The average Bonchev–Trinajstić information content (AvgIpc) is 2.25. The lowest BCUT2D eigenvalue weighted by Crippen LogP contribution is -2.41. The van der Waals surface area contributed by atoms with Crippen molar-refractivity contribution in [1.29, 1.82) is 0 Å². The summed E-state index contributed by atoms with van der Waals surface area (Å²) in [5, 5.41) is 10.8. The van der Waals surface area contributed by atoms with Crippen LogP contribution in [0.1, 0.15) is 26.7 Å². The van der Waals surface area contributed by atoms with Crippen LogP contribution < -0.4 is 5.32 Å². The highest BCUT2D eigenvalue weighted by atomic mass is 16.4. The van der Waals surface area contributed by atoms with Gasteiger partial charge in [-0.1, -0.05) is 0 Å². The number of nitrogens with one attached hydrogen (secondary N) is 1. The fourth-order valence-electron chi connectivity index (χ4n) is 1.13. The Morgan fingerprint density at radius 2 is 1.69 bits per heavy atom. The molecule has 2 amide bonds. The van der Waals surface area contributed by atoms with E-state index in [0.717, 1.165) is 0 Å². The van der Waals surface area contributed by atoms with Gasteiger partial charge in [-0.05, 0) is 13.8 Å². The molecule has 2 N–H and O–H groups in total. The molecule has 0 saturated heterocycles. The fraction of sp³-hybridized carbons (Fsp3) is 0.700. The van der Waals surface area contributed by atoms with Crippen LogP contribution in [0.2, 0.25) is 0 Å². The summed E-state index contributed by atoms with van der Waals surface area (Å²) in [7, 11) is 0. The molecule has 0 aliphatic carbocycles. The second-order valence-electron chi connectivity index (χ2n) is 3.26. The molecule has 0 rings (SSSR count). The zero-order valence-electron chi connectivity index (χ0n) is 9.65. The zero-order valence-corrected chi connectivity index (χ0v) is 9.65. The summed E-state index contributed by atoms with van der Waals surface area (Å²) in [6.07, 6.45) is -0.242. The summed E-state index contributed by atoms with van der Waals surface area (Å²) in [6, 6.07) is -0.298. The molecule has 6 heteroatoms. The zero-order chi connectivity index (χ0) is 12.6. The number of nitrogens with zero attached hydrogens (tertiary/aromatic N) is 1. The van der Waals surface area contributed by atoms with Gasteiger partial charge < -0.3 is 15.3 Å². The van der Waals surface area contributed by atoms with Crippen molar-refractivity contribution in [2.75, 3.05) is 19.6 Å². The quantitative estimate of drug-likeness (QED) is 0.665. The molecule has 0 aliphatic rings. The highest BCUT2D eigenvalue weighted by Gasteiger charge is 2.11. The van der Waals surface area contributed by atoms with E-state index in [1.807, 2.05) is 13.8 Å². The molecular formula is C10H18N2O4. The first-order chi connectivity index (χ1) is 7.51. The second-order valence-corrected chi connectivity index (χ2v) is 3.26.